The van der Waals surface area contributed by atoms with E-state index in [2.05, 4.69) is 9.97 Å². The van der Waals surface area contributed by atoms with Crippen LogP contribution in [0.25, 0.3) is 10.9 Å². The maximum atomic E-state index is 13.1. The molecular weight excluding hydrogens is 217 g/mol. The van der Waals surface area contributed by atoms with Gasteiger partial charge in [0.2, 0.25) is 0 Å². The van der Waals surface area contributed by atoms with Crippen LogP contribution >= 0.6 is 11.6 Å². The van der Waals surface area contributed by atoms with E-state index in [1.807, 2.05) is 0 Å². The van der Waals surface area contributed by atoms with Crippen molar-refractivity contribution in [3.05, 3.63) is 35.0 Å². The topological polar surface area (TPSA) is 25.8 Å². The fourth-order valence-corrected chi connectivity index (χ4v) is 1.33. The van der Waals surface area contributed by atoms with Crippen molar-refractivity contribution in [2.45, 2.75) is 0 Å². The minimum absolute atomic E-state index is 0.244. The Morgan fingerprint density at radius 2 is 1.79 bits per heavy atom. The van der Waals surface area contributed by atoms with Crippen LogP contribution in [0.5, 0.6) is 0 Å². The van der Waals surface area contributed by atoms with Crippen molar-refractivity contribution in [2.75, 3.05) is 0 Å². The summed E-state index contributed by atoms with van der Waals surface area (Å²) in [5.74, 6) is -3.51. The number of rotatable bonds is 0. The minimum atomic E-state index is -1.30. The molecule has 0 spiro atoms. The lowest BCUT2D eigenvalue weighted by atomic mass is 10.2. The zero-order chi connectivity index (χ0) is 10.3. The van der Waals surface area contributed by atoms with Crippen LogP contribution in [0.4, 0.5) is 13.2 Å². The predicted octanol–water partition coefficient (Wildman–Crippen LogP) is 2.70. The Morgan fingerprint density at radius 3 is 2.50 bits per heavy atom. The molecule has 0 amide bonds. The summed E-state index contributed by atoms with van der Waals surface area (Å²) < 4.78 is 38.9. The van der Waals surface area contributed by atoms with Gasteiger partial charge in [0, 0.05) is 6.07 Å². The Bertz CT molecular complexity index is 515. The lowest BCUT2D eigenvalue weighted by Crippen LogP contribution is -1.95. The molecule has 14 heavy (non-hydrogen) atoms. The average Bonchev–Trinajstić information content (AvgIpc) is 2.14. The summed E-state index contributed by atoms with van der Waals surface area (Å²) in [7, 11) is 0. The monoisotopic (exact) mass is 218 g/mol. The Kier molecular flexibility index (Phi) is 2.03. The van der Waals surface area contributed by atoms with E-state index in [1.54, 1.807) is 0 Å². The summed E-state index contributed by atoms with van der Waals surface area (Å²) >= 11 is 5.51. The van der Waals surface area contributed by atoms with Gasteiger partial charge < -0.3 is 0 Å². The molecule has 0 radical (unpaired) electrons. The smallest absolute Gasteiger partial charge is 0.185 e. The summed E-state index contributed by atoms with van der Waals surface area (Å²) in [4.78, 5) is 6.88. The van der Waals surface area contributed by atoms with Gasteiger partial charge in [-0.05, 0) is 0 Å². The van der Waals surface area contributed by atoms with Crippen LogP contribution in [0.1, 0.15) is 0 Å². The van der Waals surface area contributed by atoms with Gasteiger partial charge in [0.25, 0.3) is 0 Å². The summed E-state index contributed by atoms with van der Waals surface area (Å²) in [6.45, 7) is 0. The van der Waals surface area contributed by atoms with Crippen molar-refractivity contribution in [1.29, 1.82) is 0 Å². The first kappa shape index (κ1) is 9.21. The molecule has 0 aliphatic heterocycles. The second kappa shape index (κ2) is 3.09. The van der Waals surface area contributed by atoms with E-state index in [4.69, 9.17) is 11.6 Å². The number of benzene rings is 1. The molecule has 0 bridgehead atoms. The highest BCUT2D eigenvalue weighted by atomic mass is 35.5. The summed E-state index contributed by atoms with van der Waals surface area (Å²) in [5.41, 5.74) is -0.456. The van der Waals surface area contributed by atoms with Crippen molar-refractivity contribution in [3.63, 3.8) is 0 Å². The summed E-state index contributed by atoms with van der Waals surface area (Å²) in [6.07, 6.45) is 0.937. The molecule has 1 heterocycles. The van der Waals surface area contributed by atoms with Crippen molar-refractivity contribution in [1.82, 2.24) is 9.97 Å². The van der Waals surface area contributed by atoms with Crippen molar-refractivity contribution in [2.24, 2.45) is 0 Å². The van der Waals surface area contributed by atoms with Gasteiger partial charge >= 0.3 is 0 Å². The van der Waals surface area contributed by atoms with Gasteiger partial charge in [0.1, 0.15) is 22.8 Å². The van der Waals surface area contributed by atoms with E-state index in [9.17, 15) is 13.2 Å². The summed E-state index contributed by atoms with van der Waals surface area (Å²) in [5, 5.41) is -0.556. The van der Waals surface area contributed by atoms with Gasteiger partial charge in [-0.2, -0.15) is 0 Å². The standard InChI is InChI=1S/C8H2ClF3N2/c9-8-5-3(10)1-4(11)6(12)7(5)13-2-14-8/h1-2H. The fraction of sp³-hybridized carbons (Fsp3) is 0. The number of aromatic nitrogens is 2. The van der Waals surface area contributed by atoms with Gasteiger partial charge in [-0.3, -0.25) is 0 Å². The van der Waals surface area contributed by atoms with Crippen LogP contribution in [0, 0.1) is 17.5 Å². The van der Waals surface area contributed by atoms with Crippen LogP contribution in [0.15, 0.2) is 12.4 Å². The number of nitrogens with zero attached hydrogens (tertiary/aromatic N) is 2. The molecule has 0 saturated carbocycles. The van der Waals surface area contributed by atoms with Crippen LogP contribution in [-0.2, 0) is 0 Å². The molecule has 0 fully saturated rings. The van der Waals surface area contributed by atoms with Gasteiger partial charge in [0.15, 0.2) is 11.6 Å². The van der Waals surface area contributed by atoms with E-state index in [0.29, 0.717) is 6.07 Å². The molecule has 2 rings (SSSR count). The van der Waals surface area contributed by atoms with E-state index in [-0.39, 0.29) is 10.5 Å². The van der Waals surface area contributed by atoms with Crippen LogP contribution in [0.3, 0.4) is 0 Å². The van der Waals surface area contributed by atoms with Gasteiger partial charge in [-0.15, -0.1) is 0 Å². The van der Waals surface area contributed by atoms with Crippen molar-refractivity contribution < 1.29 is 13.2 Å². The quantitative estimate of drug-likeness (QED) is 0.502. The Morgan fingerprint density at radius 1 is 1.07 bits per heavy atom. The van der Waals surface area contributed by atoms with E-state index in [0.717, 1.165) is 6.33 Å². The molecular formula is C8H2ClF3N2. The number of fused-ring (bicyclic) bond motifs is 1. The van der Waals surface area contributed by atoms with Crippen LogP contribution < -0.4 is 0 Å². The lowest BCUT2D eigenvalue weighted by Gasteiger charge is -2.01. The molecule has 1 aromatic heterocycles. The number of hydrogen-bond donors (Lipinski definition) is 0. The van der Waals surface area contributed by atoms with E-state index < -0.39 is 23.0 Å². The summed E-state index contributed by atoms with van der Waals surface area (Å²) in [6, 6.07) is 0.410. The number of hydrogen-bond acceptors (Lipinski definition) is 2. The third-order valence-corrected chi connectivity index (χ3v) is 2.00. The first-order valence-corrected chi connectivity index (χ1v) is 3.92. The molecule has 0 saturated heterocycles. The van der Waals surface area contributed by atoms with Crippen LogP contribution in [0.2, 0.25) is 5.15 Å². The SMILES string of the molecule is Fc1cc(F)c2c(Cl)ncnc2c1F. The Labute approximate surface area is 81.4 Å². The first-order valence-electron chi connectivity index (χ1n) is 3.55. The molecule has 2 aromatic rings. The van der Waals surface area contributed by atoms with E-state index in [1.165, 1.54) is 0 Å². The van der Waals surface area contributed by atoms with Gasteiger partial charge in [-0.25, -0.2) is 23.1 Å². The lowest BCUT2D eigenvalue weighted by molar-refractivity contribution is 0.504. The minimum Gasteiger partial charge on any atom is -0.233 e. The Hall–Kier alpha value is -1.36. The molecule has 1 aromatic carbocycles. The first-order chi connectivity index (χ1) is 6.61. The molecule has 0 aliphatic rings. The second-order valence-electron chi connectivity index (χ2n) is 2.54. The maximum Gasteiger partial charge on any atom is 0.185 e. The third-order valence-electron chi connectivity index (χ3n) is 1.71. The molecule has 2 nitrogen and oxygen atoms in total. The molecule has 0 atom stereocenters. The molecule has 0 aliphatic carbocycles. The van der Waals surface area contributed by atoms with Crippen molar-refractivity contribution in [3.8, 4) is 0 Å². The van der Waals surface area contributed by atoms with Crippen LogP contribution in [-0.4, -0.2) is 9.97 Å². The average molecular weight is 219 g/mol. The van der Waals surface area contributed by atoms with Gasteiger partial charge in [-0.1, -0.05) is 11.6 Å². The predicted molar refractivity (Wildman–Crippen MR) is 44.4 cm³/mol. The highest BCUT2D eigenvalue weighted by Crippen LogP contribution is 2.26. The largest absolute Gasteiger partial charge is 0.233 e. The molecule has 72 valence electrons. The number of halogens is 4. The normalized spacial score (nSPS) is 10.9. The second-order valence-corrected chi connectivity index (χ2v) is 2.90. The molecule has 0 unspecified atom stereocenters. The van der Waals surface area contributed by atoms with Crippen molar-refractivity contribution >= 4 is 22.5 Å². The highest BCUT2D eigenvalue weighted by Gasteiger charge is 2.15. The van der Waals surface area contributed by atoms with Gasteiger partial charge in [0.05, 0.1) is 5.39 Å². The third kappa shape index (κ3) is 1.21. The van der Waals surface area contributed by atoms with E-state index >= 15 is 0 Å². The zero-order valence-corrected chi connectivity index (χ0v) is 7.32. The molecule has 6 heteroatoms. The highest BCUT2D eigenvalue weighted by molar-refractivity contribution is 6.34. The Balaban J connectivity index is 3.02. The maximum absolute atomic E-state index is 13.1. The molecule has 0 N–H and O–H groups in total. The zero-order valence-electron chi connectivity index (χ0n) is 6.56. The fourth-order valence-electron chi connectivity index (χ4n) is 1.10.